The highest BCUT2D eigenvalue weighted by Crippen LogP contribution is 2.09. The standard InChI is InChI=1S/C20H32N4O.HI/c1-3-4-12-21-20(23-16-18-10-8-17(2)9-11-18)22-13-6-15-24-14-5-7-19(24)25;/h8-11H,3-7,12-16H2,1-2H3,(H2,21,22,23);1H. The Morgan fingerprint density at radius 1 is 1.15 bits per heavy atom. The van der Waals surface area contributed by atoms with Gasteiger partial charge in [-0.05, 0) is 31.7 Å². The Kier molecular flexibility index (Phi) is 11.3. The molecule has 0 atom stereocenters. The van der Waals surface area contributed by atoms with E-state index in [1.54, 1.807) is 0 Å². The molecule has 5 nitrogen and oxygen atoms in total. The predicted molar refractivity (Wildman–Crippen MR) is 119 cm³/mol. The number of carbonyl (C=O) groups excluding carboxylic acids is 1. The zero-order valence-corrected chi connectivity index (χ0v) is 18.4. The molecule has 0 saturated carbocycles. The van der Waals surface area contributed by atoms with E-state index >= 15 is 0 Å². The summed E-state index contributed by atoms with van der Waals surface area (Å²) in [5.74, 6) is 1.16. The van der Waals surface area contributed by atoms with Crippen molar-refractivity contribution in [2.75, 3.05) is 26.2 Å². The maximum atomic E-state index is 11.6. The van der Waals surface area contributed by atoms with Crippen LogP contribution in [0.5, 0.6) is 0 Å². The average molecular weight is 472 g/mol. The molecule has 0 aromatic heterocycles. The lowest BCUT2D eigenvalue weighted by molar-refractivity contribution is -0.127. The summed E-state index contributed by atoms with van der Waals surface area (Å²) in [7, 11) is 0. The van der Waals surface area contributed by atoms with Crippen LogP contribution in [-0.2, 0) is 11.3 Å². The number of benzene rings is 1. The highest BCUT2D eigenvalue weighted by atomic mass is 127. The molecule has 1 aromatic carbocycles. The first-order chi connectivity index (χ1) is 12.2. The van der Waals surface area contributed by atoms with Crippen molar-refractivity contribution in [3.63, 3.8) is 0 Å². The molecule has 0 spiro atoms. The van der Waals surface area contributed by atoms with Gasteiger partial charge in [0.25, 0.3) is 0 Å². The lowest BCUT2D eigenvalue weighted by Crippen LogP contribution is -2.39. The van der Waals surface area contributed by atoms with Crippen LogP contribution in [-0.4, -0.2) is 42.9 Å². The summed E-state index contributed by atoms with van der Waals surface area (Å²) in [5, 5.41) is 6.80. The van der Waals surface area contributed by atoms with Gasteiger partial charge in [0, 0.05) is 32.6 Å². The molecule has 6 heteroatoms. The van der Waals surface area contributed by atoms with Crippen LogP contribution in [0.3, 0.4) is 0 Å². The Bertz CT molecular complexity index is 559. The largest absolute Gasteiger partial charge is 0.356 e. The normalized spacial score (nSPS) is 14.3. The third kappa shape index (κ3) is 8.38. The number of hydrogen-bond acceptors (Lipinski definition) is 2. The lowest BCUT2D eigenvalue weighted by atomic mass is 10.1. The Balaban J connectivity index is 0.00000338. The van der Waals surface area contributed by atoms with Crippen molar-refractivity contribution in [3.8, 4) is 0 Å². The van der Waals surface area contributed by atoms with Gasteiger partial charge in [0.1, 0.15) is 0 Å². The number of nitrogens with one attached hydrogen (secondary N) is 2. The second kappa shape index (κ2) is 12.9. The molecule has 1 fully saturated rings. The zero-order valence-electron chi connectivity index (χ0n) is 16.1. The summed E-state index contributed by atoms with van der Waals surface area (Å²) in [6.45, 7) is 8.47. The molecule has 0 radical (unpaired) electrons. The van der Waals surface area contributed by atoms with E-state index in [0.717, 1.165) is 64.2 Å². The Morgan fingerprint density at radius 3 is 2.46 bits per heavy atom. The summed E-state index contributed by atoms with van der Waals surface area (Å²) in [4.78, 5) is 18.3. The van der Waals surface area contributed by atoms with Gasteiger partial charge in [-0.15, -0.1) is 24.0 Å². The van der Waals surface area contributed by atoms with Gasteiger partial charge in [-0.2, -0.15) is 0 Å². The molecule has 1 amide bonds. The van der Waals surface area contributed by atoms with Gasteiger partial charge in [-0.1, -0.05) is 43.2 Å². The van der Waals surface area contributed by atoms with Gasteiger partial charge in [0.15, 0.2) is 5.96 Å². The van der Waals surface area contributed by atoms with Gasteiger partial charge in [-0.3, -0.25) is 4.79 Å². The number of nitrogens with zero attached hydrogens (tertiary/aromatic N) is 2. The van der Waals surface area contributed by atoms with Crippen molar-refractivity contribution in [2.45, 2.75) is 52.5 Å². The molecular formula is C20H33IN4O. The Labute approximate surface area is 175 Å². The molecule has 26 heavy (non-hydrogen) atoms. The maximum Gasteiger partial charge on any atom is 0.222 e. The molecule has 146 valence electrons. The summed E-state index contributed by atoms with van der Waals surface area (Å²) in [5.41, 5.74) is 2.48. The van der Waals surface area contributed by atoms with Gasteiger partial charge < -0.3 is 15.5 Å². The van der Waals surface area contributed by atoms with E-state index in [2.05, 4.69) is 48.7 Å². The molecule has 1 heterocycles. The minimum atomic E-state index is 0. The van der Waals surface area contributed by atoms with Gasteiger partial charge >= 0.3 is 0 Å². The van der Waals surface area contributed by atoms with Gasteiger partial charge in [-0.25, -0.2) is 4.99 Å². The van der Waals surface area contributed by atoms with E-state index in [9.17, 15) is 4.79 Å². The molecule has 0 aliphatic carbocycles. The van der Waals surface area contributed by atoms with Crippen molar-refractivity contribution in [2.24, 2.45) is 4.99 Å². The van der Waals surface area contributed by atoms with Crippen molar-refractivity contribution < 1.29 is 4.79 Å². The molecule has 2 rings (SSSR count). The third-order valence-electron chi connectivity index (χ3n) is 4.43. The van der Waals surface area contributed by atoms with E-state index in [0.29, 0.717) is 12.5 Å². The summed E-state index contributed by atoms with van der Waals surface area (Å²) in [6, 6.07) is 8.49. The number of amides is 1. The van der Waals surface area contributed by atoms with Crippen molar-refractivity contribution in [1.29, 1.82) is 0 Å². The number of aliphatic imine (C=N–C) groups is 1. The van der Waals surface area contributed by atoms with Crippen LogP contribution >= 0.6 is 24.0 Å². The monoisotopic (exact) mass is 472 g/mol. The number of rotatable bonds is 9. The molecule has 2 N–H and O–H groups in total. The van der Waals surface area contributed by atoms with Crippen LogP contribution in [0.4, 0.5) is 0 Å². The van der Waals surface area contributed by atoms with Crippen molar-refractivity contribution in [1.82, 2.24) is 15.5 Å². The van der Waals surface area contributed by atoms with Crippen LogP contribution in [0.15, 0.2) is 29.3 Å². The fourth-order valence-electron chi connectivity index (χ4n) is 2.84. The number of unbranched alkanes of at least 4 members (excludes halogenated alkanes) is 1. The highest BCUT2D eigenvalue weighted by molar-refractivity contribution is 14.0. The fraction of sp³-hybridized carbons (Fsp3) is 0.600. The van der Waals surface area contributed by atoms with E-state index < -0.39 is 0 Å². The minimum absolute atomic E-state index is 0. The highest BCUT2D eigenvalue weighted by Gasteiger charge is 2.18. The maximum absolute atomic E-state index is 11.6. The van der Waals surface area contributed by atoms with E-state index in [1.807, 2.05) is 4.90 Å². The first-order valence-corrected chi connectivity index (χ1v) is 9.54. The molecule has 0 bridgehead atoms. The Morgan fingerprint density at radius 2 is 1.85 bits per heavy atom. The minimum Gasteiger partial charge on any atom is -0.356 e. The Hall–Kier alpha value is -1.31. The van der Waals surface area contributed by atoms with Crippen LogP contribution in [0, 0.1) is 6.92 Å². The van der Waals surface area contributed by atoms with E-state index in [4.69, 9.17) is 4.99 Å². The fourth-order valence-corrected chi connectivity index (χ4v) is 2.84. The first-order valence-electron chi connectivity index (χ1n) is 9.54. The quantitative estimate of drug-likeness (QED) is 0.251. The van der Waals surface area contributed by atoms with Crippen LogP contribution in [0.25, 0.3) is 0 Å². The molecule has 0 unspecified atom stereocenters. The number of hydrogen-bond donors (Lipinski definition) is 2. The van der Waals surface area contributed by atoms with E-state index in [-0.39, 0.29) is 24.0 Å². The first kappa shape index (κ1) is 22.7. The van der Waals surface area contributed by atoms with Gasteiger partial charge in [0.2, 0.25) is 5.91 Å². The zero-order chi connectivity index (χ0) is 17.9. The average Bonchev–Trinajstić information content (AvgIpc) is 3.02. The van der Waals surface area contributed by atoms with Gasteiger partial charge in [0.05, 0.1) is 6.54 Å². The summed E-state index contributed by atoms with van der Waals surface area (Å²) >= 11 is 0. The summed E-state index contributed by atoms with van der Waals surface area (Å²) < 4.78 is 0. The molecule has 1 aliphatic rings. The topological polar surface area (TPSA) is 56.7 Å². The molecule has 1 aliphatic heterocycles. The number of likely N-dealkylation sites (tertiary alicyclic amines) is 1. The molecular weight excluding hydrogens is 439 g/mol. The molecule has 1 aromatic rings. The summed E-state index contributed by atoms with van der Waals surface area (Å²) in [6.07, 6.45) is 4.97. The third-order valence-corrected chi connectivity index (χ3v) is 4.43. The van der Waals surface area contributed by atoms with Crippen LogP contribution in [0.2, 0.25) is 0 Å². The number of aryl methyl sites for hydroxylation is 1. The number of halogens is 1. The van der Waals surface area contributed by atoms with Crippen molar-refractivity contribution >= 4 is 35.8 Å². The van der Waals surface area contributed by atoms with E-state index in [1.165, 1.54) is 11.1 Å². The second-order valence-electron chi connectivity index (χ2n) is 6.70. The lowest BCUT2D eigenvalue weighted by Gasteiger charge is -2.16. The van der Waals surface area contributed by atoms with Crippen LogP contribution < -0.4 is 10.6 Å². The smallest absolute Gasteiger partial charge is 0.222 e. The van der Waals surface area contributed by atoms with Crippen molar-refractivity contribution in [3.05, 3.63) is 35.4 Å². The second-order valence-corrected chi connectivity index (χ2v) is 6.70. The molecule has 1 saturated heterocycles. The number of guanidine groups is 1. The van der Waals surface area contributed by atoms with Crippen LogP contribution in [0.1, 0.15) is 50.2 Å². The SMILES string of the molecule is CCCCNC(=NCc1ccc(C)cc1)NCCCN1CCCC1=O.I. The number of carbonyl (C=O) groups is 1. The predicted octanol–water partition coefficient (Wildman–Crippen LogP) is 3.46.